The average molecular weight is 190 g/mol. The fourth-order valence-corrected chi connectivity index (χ4v) is 1.57. The van der Waals surface area contributed by atoms with Crippen LogP contribution in [0.15, 0.2) is 35.3 Å². The zero-order valence-corrected chi connectivity index (χ0v) is 8.02. The second-order valence-corrected chi connectivity index (χ2v) is 3.38. The minimum atomic E-state index is 0.246. The topological polar surface area (TPSA) is 47.6 Å². The summed E-state index contributed by atoms with van der Waals surface area (Å²) in [5, 5.41) is 0. The Balaban J connectivity index is 1.97. The van der Waals surface area contributed by atoms with E-state index in [1.54, 1.807) is 0 Å². The van der Waals surface area contributed by atoms with E-state index in [0.29, 0.717) is 19.0 Å². The minimum Gasteiger partial charge on any atom is -0.478 e. The van der Waals surface area contributed by atoms with Crippen LogP contribution in [0.5, 0.6) is 0 Å². The van der Waals surface area contributed by atoms with Crippen LogP contribution in [-0.2, 0) is 11.2 Å². The van der Waals surface area contributed by atoms with Crippen LogP contribution in [0.2, 0.25) is 0 Å². The molecule has 0 saturated carbocycles. The molecule has 0 amide bonds. The van der Waals surface area contributed by atoms with Crippen LogP contribution in [0, 0.1) is 0 Å². The fourth-order valence-electron chi connectivity index (χ4n) is 1.57. The predicted molar refractivity (Wildman–Crippen MR) is 56.4 cm³/mol. The standard InChI is InChI=1S/C11H14N2O/c12-7-11-13-10(8-14-11)6-9-4-2-1-3-5-9/h1-5,10H,6-8,12H2. The van der Waals surface area contributed by atoms with Gasteiger partial charge < -0.3 is 10.5 Å². The van der Waals surface area contributed by atoms with Crippen molar-refractivity contribution in [2.24, 2.45) is 10.7 Å². The van der Waals surface area contributed by atoms with Crippen molar-refractivity contribution in [1.29, 1.82) is 0 Å². The lowest BCUT2D eigenvalue weighted by molar-refractivity contribution is 0.312. The van der Waals surface area contributed by atoms with E-state index in [4.69, 9.17) is 10.5 Å². The third-order valence-electron chi connectivity index (χ3n) is 2.26. The normalized spacial score (nSPS) is 20.4. The maximum absolute atomic E-state index is 5.43. The highest BCUT2D eigenvalue weighted by molar-refractivity contribution is 5.79. The lowest BCUT2D eigenvalue weighted by Gasteiger charge is -2.03. The molecule has 0 bridgehead atoms. The summed E-state index contributed by atoms with van der Waals surface area (Å²) >= 11 is 0. The Morgan fingerprint density at radius 3 is 2.79 bits per heavy atom. The van der Waals surface area contributed by atoms with Crippen molar-refractivity contribution in [2.45, 2.75) is 12.5 Å². The first-order valence-electron chi connectivity index (χ1n) is 4.82. The molecule has 0 aromatic heterocycles. The minimum absolute atomic E-state index is 0.246. The van der Waals surface area contributed by atoms with Crippen LogP contribution in [0.3, 0.4) is 0 Å². The first-order chi connectivity index (χ1) is 6.88. The molecule has 1 aromatic carbocycles. The largest absolute Gasteiger partial charge is 0.478 e. The number of hydrogen-bond acceptors (Lipinski definition) is 3. The Labute approximate surface area is 83.6 Å². The Morgan fingerprint density at radius 1 is 1.36 bits per heavy atom. The molecule has 1 atom stereocenters. The summed E-state index contributed by atoms with van der Waals surface area (Å²) in [4.78, 5) is 4.37. The van der Waals surface area contributed by atoms with Gasteiger partial charge in [0.25, 0.3) is 0 Å². The fraction of sp³-hybridized carbons (Fsp3) is 0.364. The highest BCUT2D eigenvalue weighted by Crippen LogP contribution is 2.11. The molecule has 0 saturated heterocycles. The quantitative estimate of drug-likeness (QED) is 0.772. The Morgan fingerprint density at radius 2 is 2.14 bits per heavy atom. The molecule has 14 heavy (non-hydrogen) atoms. The molecule has 0 aliphatic carbocycles. The highest BCUT2D eigenvalue weighted by Gasteiger charge is 2.17. The van der Waals surface area contributed by atoms with Gasteiger partial charge >= 0.3 is 0 Å². The maximum atomic E-state index is 5.43. The molecule has 3 heteroatoms. The number of benzene rings is 1. The van der Waals surface area contributed by atoms with Crippen LogP contribution in [0.25, 0.3) is 0 Å². The summed E-state index contributed by atoms with van der Waals surface area (Å²) in [5.41, 5.74) is 6.73. The molecule has 2 rings (SSSR count). The molecule has 0 radical (unpaired) electrons. The molecule has 0 spiro atoms. The number of rotatable bonds is 3. The average Bonchev–Trinajstić information content (AvgIpc) is 2.67. The van der Waals surface area contributed by atoms with Gasteiger partial charge in [0.05, 0.1) is 12.6 Å². The third kappa shape index (κ3) is 2.12. The van der Waals surface area contributed by atoms with Crippen LogP contribution in [-0.4, -0.2) is 25.1 Å². The predicted octanol–water partition coefficient (Wildman–Crippen LogP) is 0.985. The molecule has 1 aliphatic rings. The Kier molecular flexibility index (Phi) is 2.79. The van der Waals surface area contributed by atoms with Crippen molar-refractivity contribution in [3.8, 4) is 0 Å². The van der Waals surface area contributed by atoms with Crippen LogP contribution in [0.4, 0.5) is 0 Å². The van der Waals surface area contributed by atoms with Crippen LogP contribution < -0.4 is 5.73 Å². The van der Waals surface area contributed by atoms with Gasteiger partial charge in [0, 0.05) is 0 Å². The van der Waals surface area contributed by atoms with E-state index < -0.39 is 0 Å². The van der Waals surface area contributed by atoms with Gasteiger partial charge in [-0.2, -0.15) is 0 Å². The molecular weight excluding hydrogens is 176 g/mol. The Hall–Kier alpha value is -1.35. The van der Waals surface area contributed by atoms with E-state index in [1.165, 1.54) is 5.56 Å². The zero-order valence-electron chi connectivity index (χ0n) is 8.02. The summed E-state index contributed by atoms with van der Waals surface area (Å²) in [7, 11) is 0. The SMILES string of the molecule is NCC1=NC(Cc2ccccc2)CO1. The number of aliphatic imine (C=N–C) groups is 1. The van der Waals surface area contributed by atoms with Crippen molar-refractivity contribution in [3.63, 3.8) is 0 Å². The number of nitrogens with two attached hydrogens (primary N) is 1. The highest BCUT2D eigenvalue weighted by atomic mass is 16.5. The molecule has 3 nitrogen and oxygen atoms in total. The molecule has 1 heterocycles. The van der Waals surface area contributed by atoms with Gasteiger partial charge in [-0.25, -0.2) is 4.99 Å². The van der Waals surface area contributed by atoms with Crippen molar-refractivity contribution in [1.82, 2.24) is 0 Å². The molecule has 2 N–H and O–H groups in total. The zero-order chi connectivity index (χ0) is 9.80. The lowest BCUT2D eigenvalue weighted by Crippen LogP contribution is -2.13. The monoisotopic (exact) mass is 190 g/mol. The van der Waals surface area contributed by atoms with Crippen LogP contribution >= 0.6 is 0 Å². The first-order valence-corrected chi connectivity index (χ1v) is 4.82. The molecular formula is C11H14N2O. The molecule has 0 fully saturated rings. The summed E-state index contributed by atoms with van der Waals surface area (Å²) in [6.45, 7) is 1.08. The molecule has 1 aliphatic heterocycles. The van der Waals surface area contributed by atoms with E-state index >= 15 is 0 Å². The molecule has 1 aromatic rings. The van der Waals surface area contributed by atoms with Gasteiger partial charge in [-0.15, -0.1) is 0 Å². The third-order valence-corrected chi connectivity index (χ3v) is 2.26. The van der Waals surface area contributed by atoms with Crippen molar-refractivity contribution in [3.05, 3.63) is 35.9 Å². The summed E-state index contributed by atoms with van der Waals surface area (Å²) in [5.74, 6) is 0.686. The first kappa shape index (κ1) is 9.21. The second kappa shape index (κ2) is 4.24. The number of nitrogens with zero attached hydrogens (tertiary/aromatic N) is 1. The van der Waals surface area contributed by atoms with E-state index in [-0.39, 0.29) is 6.04 Å². The van der Waals surface area contributed by atoms with Gasteiger partial charge in [0.1, 0.15) is 6.61 Å². The lowest BCUT2D eigenvalue weighted by atomic mass is 10.1. The summed E-state index contributed by atoms with van der Waals surface area (Å²) in [6.07, 6.45) is 0.935. The van der Waals surface area contributed by atoms with E-state index in [1.807, 2.05) is 18.2 Å². The van der Waals surface area contributed by atoms with Crippen molar-refractivity contribution >= 4 is 5.90 Å². The number of hydrogen-bond donors (Lipinski definition) is 1. The van der Waals surface area contributed by atoms with Gasteiger partial charge in [-0.05, 0) is 12.0 Å². The van der Waals surface area contributed by atoms with Crippen molar-refractivity contribution < 1.29 is 4.74 Å². The van der Waals surface area contributed by atoms with Gasteiger partial charge in [0.15, 0.2) is 5.90 Å². The Bertz CT molecular complexity index is 321. The molecule has 74 valence electrons. The van der Waals surface area contributed by atoms with Gasteiger partial charge in [0.2, 0.25) is 0 Å². The smallest absolute Gasteiger partial charge is 0.197 e. The summed E-state index contributed by atoms with van der Waals surface area (Å²) < 4.78 is 5.31. The van der Waals surface area contributed by atoms with Gasteiger partial charge in [-0.3, -0.25) is 0 Å². The summed E-state index contributed by atoms with van der Waals surface area (Å²) in [6, 6.07) is 10.6. The van der Waals surface area contributed by atoms with Crippen LogP contribution in [0.1, 0.15) is 5.56 Å². The van der Waals surface area contributed by atoms with E-state index in [2.05, 4.69) is 17.1 Å². The maximum Gasteiger partial charge on any atom is 0.197 e. The van der Waals surface area contributed by atoms with E-state index in [0.717, 1.165) is 6.42 Å². The second-order valence-electron chi connectivity index (χ2n) is 3.38. The number of ether oxygens (including phenoxy) is 1. The van der Waals surface area contributed by atoms with Crippen molar-refractivity contribution in [2.75, 3.05) is 13.2 Å². The van der Waals surface area contributed by atoms with Gasteiger partial charge in [-0.1, -0.05) is 30.3 Å². The van der Waals surface area contributed by atoms with E-state index in [9.17, 15) is 0 Å². The molecule has 1 unspecified atom stereocenters.